The van der Waals surface area contributed by atoms with Gasteiger partial charge in [-0.05, 0) is 42.1 Å². The Bertz CT molecular complexity index is 1060. The molecule has 0 fully saturated rings. The van der Waals surface area contributed by atoms with Crippen LogP contribution in [0.4, 0.5) is 0 Å². The van der Waals surface area contributed by atoms with Gasteiger partial charge in [-0.15, -0.1) is 11.3 Å². The highest BCUT2D eigenvalue weighted by Crippen LogP contribution is 2.38. The Morgan fingerprint density at radius 2 is 1.69 bits per heavy atom. The number of hydrogen-bond acceptors (Lipinski definition) is 5. The van der Waals surface area contributed by atoms with Crippen molar-refractivity contribution < 1.29 is 19.5 Å². The van der Waals surface area contributed by atoms with Crippen molar-refractivity contribution in [2.75, 3.05) is 13.2 Å². The summed E-state index contributed by atoms with van der Waals surface area (Å²) in [5, 5.41) is 10.6. The smallest absolute Gasteiger partial charge is 0.261 e. The fourth-order valence-corrected chi connectivity index (χ4v) is 4.28. The summed E-state index contributed by atoms with van der Waals surface area (Å²) in [5.41, 5.74) is 1.80. The Morgan fingerprint density at radius 3 is 2.35 bits per heavy atom. The van der Waals surface area contributed by atoms with Gasteiger partial charge in [0.15, 0.2) is 5.78 Å². The van der Waals surface area contributed by atoms with E-state index in [1.807, 2.05) is 18.2 Å². The lowest BCUT2D eigenvalue weighted by atomic mass is 9.91. The van der Waals surface area contributed by atoms with Crippen LogP contribution in [0.3, 0.4) is 0 Å². The molecule has 0 saturated heterocycles. The van der Waals surface area contributed by atoms with E-state index in [0.717, 1.165) is 20.7 Å². The molecular weight excluding hydrogens is 350 g/mol. The summed E-state index contributed by atoms with van der Waals surface area (Å²) in [6, 6.07) is 12.6. The number of amides is 2. The molecule has 1 aliphatic heterocycles. The Hall–Kier alpha value is -2.83. The molecule has 2 aromatic carbocycles. The maximum Gasteiger partial charge on any atom is 0.261 e. The van der Waals surface area contributed by atoms with Gasteiger partial charge in [-0.25, -0.2) is 0 Å². The van der Waals surface area contributed by atoms with Gasteiger partial charge in [0.25, 0.3) is 11.8 Å². The predicted octanol–water partition coefficient (Wildman–Crippen LogP) is 3.36. The van der Waals surface area contributed by atoms with Gasteiger partial charge in [0, 0.05) is 21.4 Å². The van der Waals surface area contributed by atoms with E-state index in [9.17, 15) is 14.4 Å². The van der Waals surface area contributed by atoms with Gasteiger partial charge in [0.05, 0.1) is 18.0 Å². The third-order valence-corrected chi connectivity index (χ3v) is 5.75. The van der Waals surface area contributed by atoms with E-state index in [1.54, 1.807) is 24.3 Å². The van der Waals surface area contributed by atoms with Crippen LogP contribution >= 0.6 is 11.3 Å². The Kier molecular flexibility index (Phi) is 3.94. The van der Waals surface area contributed by atoms with Gasteiger partial charge in [-0.2, -0.15) is 0 Å². The predicted molar refractivity (Wildman–Crippen MR) is 99.7 cm³/mol. The molecular formula is C20H15NO4S. The zero-order valence-corrected chi connectivity index (χ0v) is 14.8. The summed E-state index contributed by atoms with van der Waals surface area (Å²) in [4.78, 5) is 39.7. The lowest BCUT2D eigenvalue weighted by Crippen LogP contribution is -2.41. The van der Waals surface area contributed by atoms with Crippen LogP contribution in [-0.2, 0) is 0 Å². The maximum absolute atomic E-state index is 12.7. The minimum atomic E-state index is -0.394. The highest BCUT2D eigenvalue weighted by molar-refractivity contribution is 7.17. The number of carbonyl (C=O) groups is 3. The van der Waals surface area contributed by atoms with Crippen LogP contribution in [0.5, 0.6) is 0 Å². The first-order valence-electron chi connectivity index (χ1n) is 8.17. The highest BCUT2D eigenvalue weighted by atomic mass is 32.1. The summed E-state index contributed by atoms with van der Waals surface area (Å²) in [6.07, 6.45) is 0. The number of hydrogen-bond donors (Lipinski definition) is 1. The summed E-state index contributed by atoms with van der Waals surface area (Å²) >= 11 is 1.39. The van der Waals surface area contributed by atoms with Gasteiger partial charge in [0.2, 0.25) is 0 Å². The van der Waals surface area contributed by atoms with Crippen LogP contribution in [0, 0.1) is 0 Å². The van der Waals surface area contributed by atoms with Gasteiger partial charge in [-0.3, -0.25) is 19.3 Å². The lowest BCUT2D eigenvalue weighted by molar-refractivity contribution is 0.0580. The summed E-state index contributed by atoms with van der Waals surface area (Å²) in [7, 11) is 0. The van der Waals surface area contributed by atoms with Crippen molar-refractivity contribution in [3.05, 3.63) is 58.5 Å². The van der Waals surface area contributed by atoms with E-state index >= 15 is 0 Å². The molecule has 4 rings (SSSR count). The zero-order valence-electron chi connectivity index (χ0n) is 14.0. The van der Waals surface area contributed by atoms with E-state index in [4.69, 9.17) is 5.11 Å². The van der Waals surface area contributed by atoms with Crippen molar-refractivity contribution in [1.29, 1.82) is 0 Å². The van der Waals surface area contributed by atoms with E-state index in [0.29, 0.717) is 21.4 Å². The Morgan fingerprint density at radius 1 is 1.00 bits per heavy atom. The number of Topliss-reactive ketones (excluding diaryl/α,β-unsaturated/α-hetero) is 1. The second-order valence-corrected chi connectivity index (χ2v) is 7.18. The van der Waals surface area contributed by atoms with Crippen LogP contribution < -0.4 is 0 Å². The van der Waals surface area contributed by atoms with E-state index in [1.165, 1.54) is 18.3 Å². The number of β-amino-alcohol motifs (C(OH)–C–C–N with tert-alkyl or cyclic N) is 1. The molecule has 0 bridgehead atoms. The number of imide groups is 1. The lowest BCUT2D eigenvalue weighted by Gasteiger charge is -2.27. The molecule has 0 aliphatic carbocycles. The molecule has 0 radical (unpaired) electrons. The van der Waals surface area contributed by atoms with Crippen LogP contribution in [0.15, 0.2) is 42.5 Å². The highest BCUT2D eigenvalue weighted by Gasteiger charge is 2.33. The third kappa shape index (κ3) is 2.38. The van der Waals surface area contributed by atoms with Crippen molar-refractivity contribution in [2.45, 2.75) is 6.92 Å². The Labute approximate surface area is 153 Å². The fraction of sp³-hybridized carbons (Fsp3) is 0.150. The molecule has 130 valence electrons. The van der Waals surface area contributed by atoms with Crippen molar-refractivity contribution in [3.63, 3.8) is 0 Å². The number of carbonyl (C=O) groups excluding carboxylic acids is 3. The minimum Gasteiger partial charge on any atom is -0.395 e. The van der Waals surface area contributed by atoms with E-state index < -0.39 is 11.8 Å². The molecule has 3 aromatic rings. The van der Waals surface area contributed by atoms with Crippen molar-refractivity contribution in [3.8, 4) is 10.4 Å². The average Bonchev–Trinajstić information content (AvgIpc) is 3.13. The molecule has 2 amide bonds. The number of rotatable bonds is 4. The largest absolute Gasteiger partial charge is 0.395 e. The molecule has 2 heterocycles. The van der Waals surface area contributed by atoms with Crippen LogP contribution in [-0.4, -0.2) is 40.8 Å². The summed E-state index contributed by atoms with van der Waals surface area (Å²) < 4.78 is 0. The second kappa shape index (κ2) is 6.16. The molecule has 0 spiro atoms. The first-order valence-corrected chi connectivity index (χ1v) is 8.98. The number of thiophene rings is 1. The number of benzene rings is 2. The van der Waals surface area contributed by atoms with Crippen LogP contribution in [0.1, 0.15) is 37.3 Å². The molecule has 0 saturated carbocycles. The second-order valence-electron chi connectivity index (χ2n) is 6.09. The molecule has 6 heteroatoms. The first-order chi connectivity index (χ1) is 12.5. The molecule has 1 aromatic heterocycles. The molecule has 0 atom stereocenters. The number of ketones is 1. The molecule has 1 aliphatic rings. The third-order valence-electron chi connectivity index (χ3n) is 4.53. The van der Waals surface area contributed by atoms with Crippen molar-refractivity contribution >= 4 is 39.7 Å². The average molecular weight is 365 g/mol. The molecule has 1 N–H and O–H groups in total. The van der Waals surface area contributed by atoms with E-state index in [-0.39, 0.29) is 18.9 Å². The monoisotopic (exact) mass is 365 g/mol. The van der Waals surface area contributed by atoms with Crippen molar-refractivity contribution in [2.24, 2.45) is 0 Å². The topological polar surface area (TPSA) is 74.7 Å². The fourth-order valence-electron chi connectivity index (χ4n) is 3.34. The zero-order chi connectivity index (χ0) is 18.4. The van der Waals surface area contributed by atoms with Gasteiger partial charge in [0.1, 0.15) is 0 Å². The normalized spacial score (nSPS) is 13.5. The molecule has 5 nitrogen and oxygen atoms in total. The molecule has 26 heavy (non-hydrogen) atoms. The summed E-state index contributed by atoms with van der Waals surface area (Å²) in [5.74, 6) is -0.779. The van der Waals surface area contributed by atoms with Gasteiger partial charge < -0.3 is 5.11 Å². The van der Waals surface area contributed by atoms with E-state index in [2.05, 4.69) is 0 Å². The van der Waals surface area contributed by atoms with Gasteiger partial charge in [-0.1, -0.05) is 18.2 Å². The SMILES string of the molecule is CC(=O)c1ccc(-c2ccc3c4c(cccc24)C(=O)N(CCO)C3=O)s1. The quantitative estimate of drug-likeness (QED) is 0.568. The maximum atomic E-state index is 12.7. The van der Waals surface area contributed by atoms with Gasteiger partial charge >= 0.3 is 0 Å². The number of aliphatic hydroxyl groups is 1. The minimum absolute atomic E-state index is 0.00832. The number of aliphatic hydroxyl groups excluding tert-OH is 1. The molecule has 0 unspecified atom stereocenters. The summed E-state index contributed by atoms with van der Waals surface area (Å²) in [6.45, 7) is 1.23. The Balaban J connectivity index is 1.96. The van der Waals surface area contributed by atoms with Crippen LogP contribution in [0.2, 0.25) is 0 Å². The first kappa shape index (κ1) is 16.6. The number of nitrogens with zero attached hydrogens (tertiary/aromatic N) is 1. The van der Waals surface area contributed by atoms with Crippen molar-refractivity contribution in [1.82, 2.24) is 4.90 Å². The standard InChI is InChI=1S/C20H15NO4S/c1-11(23)16-7-8-17(26-16)12-5-6-15-18-13(12)3-2-4-14(18)19(24)21(9-10-22)20(15)25/h2-8,22H,9-10H2,1H3. The van der Waals surface area contributed by atoms with Crippen LogP contribution in [0.25, 0.3) is 21.2 Å².